The molecule has 0 spiro atoms. The SMILES string of the molecule is CC1(C)CO[P+](P)(C(OC(=O)COc2ccc(Cl)cc2F)c2ccco2)OC1. The van der Waals surface area contributed by atoms with Gasteiger partial charge in [0.2, 0.25) is 0 Å². The summed E-state index contributed by atoms with van der Waals surface area (Å²) < 4.78 is 41.9. The van der Waals surface area contributed by atoms with Gasteiger partial charge < -0.3 is 13.9 Å². The summed E-state index contributed by atoms with van der Waals surface area (Å²) in [6.45, 7) is 4.44. The van der Waals surface area contributed by atoms with E-state index in [1.165, 1.54) is 18.4 Å². The smallest absolute Gasteiger partial charge is 0.347 e. The van der Waals surface area contributed by atoms with Crippen LogP contribution in [0.2, 0.25) is 5.02 Å². The van der Waals surface area contributed by atoms with Gasteiger partial charge in [0.25, 0.3) is 0 Å². The highest BCUT2D eigenvalue weighted by Crippen LogP contribution is 2.80. The summed E-state index contributed by atoms with van der Waals surface area (Å²) in [6, 6.07) is 7.26. The number of hydrogen-bond acceptors (Lipinski definition) is 6. The number of hydrogen-bond donors (Lipinski definition) is 0. The summed E-state index contributed by atoms with van der Waals surface area (Å²) in [7, 11) is -0.126. The molecule has 1 aliphatic rings. The molecule has 6 nitrogen and oxygen atoms in total. The minimum absolute atomic E-state index is 0.0989. The van der Waals surface area contributed by atoms with Crippen LogP contribution in [0.15, 0.2) is 41.0 Å². The molecule has 1 fully saturated rings. The summed E-state index contributed by atoms with van der Waals surface area (Å²) >= 11 is 5.70. The van der Waals surface area contributed by atoms with Gasteiger partial charge in [-0.15, -0.1) is 0 Å². The molecule has 0 bridgehead atoms. The van der Waals surface area contributed by atoms with Gasteiger partial charge in [0, 0.05) is 10.4 Å². The molecule has 0 radical (unpaired) electrons. The topological polar surface area (TPSA) is 67.1 Å². The van der Waals surface area contributed by atoms with Gasteiger partial charge in [0.05, 0.1) is 15.2 Å². The molecule has 2 aromatic rings. The van der Waals surface area contributed by atoms with E-state index in [4.69, 9.17) is 34.5 Å². The third-order valence-electron chi connectivity index (χ3n) is 3.91. The van der Waals surface area contributed by atoms with E-state index < -0.39 is 31.6 Å². The second kappa shape index (κ2) is 8.64. The van der Waals surface area contributed by atoms with Crippen molar-refractivity contribution >= 4 is 33.9 Å². The molecule has 0 saturated carbocycles. The normalized spacial score (nSPS) is 19.0. The zero-order valence-electron chi connectivity index (χ0n) is 15.4. The molecule has 2 heterocycles. The molecule has 1 saturated heterocycles. The molecule has 3 rings (SSSR count). The maximum atomic E-state index is 13.8. The van der Waals surface area contributed by atoms with Gasteiger partial charge in [0.15, 0.2) is 23.9 Å². The average Bonchev–Trinajstić information content (AvgIpc) is 3.16. The third-order valence-corrected chi connectivity index (χ3v) is 7.93. The van der Waals surface area contributed by atoms with E-state index in [0.29, 0.717) is 19.0 Å². The van der Waals surface area contributed by atoms with Gasteiger partial charge in [-0.2, -0.15) is 9.05 Å². The van der Waals surface area contributed by atoms with E-state index in [1.807, 2.05) is 13.8 Å². The van der Waals surface area contributed by atoms with Gasteiger partial charge in [-0.1, -0.05) is 25.4 Å². The molecule has 28 heavy (non-hydrogen) atoms. The van der Waals surface area contributed by atoms with E-state index in [2.05, 4.69) is 8.93 Å². The Labute approximate surface area is 170 Å². The van der Waals surface area contributed by atoms with Crippen molar-refractivity contribution in [3.8, 4) is 5.75 Å². The van der Waals surface area contributed by atoms with Crippen LogP contribution >= 0.6 is 27.9 Å². The van der Waals surface area contributed by atoms with Crippen LogP contribution in [0, 0.1) is 11.2 Å². The average molecular weight is 450 g/mol. The second-order valence-electron chi connectivity index (χ2n) is 7.08. The van der Waals surface area contributed by atoms with Crippen LogP contribution in [-0.4, -0.2) is 25.8 Å². The molecule has 10 heteroatoms. The van der Waals surface area contributed by atoms with Gasteiger partial charge in [0.1, 0.15) is 13.2 Å². The molecule has 0 N–H and O–H groups in total. The van der Waals surface area contributed by atoms with Gasteiger partial charge in [-0.3, -0.25) is 0 Å². The van der Waals surface area contributed by atoms with E-state index in [9.17, 15) is 9.18 Å². The van der Waals surface area contributed by atoms with Crippen molar-refractivity contribution in [3.63, 3.8) is 0 Å². The van der Waals surface area contributed by atoms with Gasteiger partial charge in [-0.25, -0.2) is 9.18 Å². The number of esters is 1. The lowest BCUT2D eigenvalue weighted by atomic mass is 9.97. The zero-order valence-corrected chi connectivity index (χ0v) is 18.2. The first-order valence-corrected chi connectivity index (χ1v) is 12.1. The first-order valence-electron chi connectivity index (χ1n) is 8.46. The van der Waals surface area contributed by atoms with Crippen LogP contribution in [0.3, 0.4) is 0 Å². The number of carbonyl (C=O) groups excluding carboxylic acids is 1. The molecule has 0 aliphatic carbocycles. The van der Waals surface area contributed by atoms with Crippen LogP contribution in [-0.2, 0) is 18.6 Å². The maximum Gasteiger partial charge on any atom is 0.347 e. The van der Waals surface area contributed by atoms with Crippen molar-refractivity contribution in [3.05, 3.63) is 53.2 Å². The minimum atomic E-state index is -2.68. The summed E-state index contributed by atoms with van der Waals surface area (Å²) in [5.41, 5.74) is -0.146. The van der Waals surface area contributed by atoms with Crippen LogP contribution in [0.4, 0.5) is 4.39 Å². The van der Waals surface area contributed by atoms with Gasteiger partial charge in [-0.05, 0) is 30.3 Å². The third kappa shape index (κ3) is 5.22. The molecular weight excluding hydrogens is 429 g/mol. The van der Waals surface area contributed by atoms with Crippen LogP contribution in [0.5, 0.6) is 5.75 Å². The first-order chi connectivity index (χ1) is 13.2. The highest BCUT2D eigenvalue weighted by Gasteiger charge is 2.56. The van der Waals surface area contributed by atoms with Crippen molar-refractivity contribution in [1.29, 1.82) is 0 Å². The Hall–Kier alpha value is -1.23. The fourth-order valence-electron chi connectivity index (χ4n) is 2.39. The fraction of sp³-hybridized carbons (Fsp3) is 0.389. The maximum absolute atomic E-state index is 13.8. The molecule has 152 valence electrons. The molecule has 1 aromatic heterocycles. The van der Waals surface area contributed by atoms with E-state index in [-0.39, 0.29) is 16.2 Å². The summed E-state index contributed by atoms with van der Waals surface area (Å²) in [6.07, 6.45) is 1.47. The van der Waals surface area contributed by atoms with Crippen LogP contribution in [0.1, 0.15) is 25.5 Å². The monoisotopic (exact) mass is 449 g/mol. The van der Waals surface area contributed by atoms with Crippen LogP contribution in [0.25, 0.3) is 0 Å². The van der Waals surface area contributed by atoms with Crippen molar-refractivity contribution in [2.75, 3.05) is 19.8 Å². The van der Waals surface area contributed by atoms with Crippen molar-refractivity contribution in [2.24, 2.45) is 5.41 Å². The van der Waals surface area contributed by atoms with Gasteiger partial charge >= 0.3 is 19.2 Å². The van der Waals surface area contributed by atoms with E-state index in [1.54, 1.807) is 12.1 Å². The molecular formula is C18H21ClFO6P2+. The molecule has 1 aliphatic heterocycles. The largest absolute Gasteiger partial charge is 0.479 e. The Balaban J connectivity index is 1.69. The number of benzene rings is 1. The summed E-state index contributed by atoms with van der Waals surface area (Å²) in [5.74, 6) is -1.96. The fourth-order valence-corrected chi connectivity index (χ4v) is 5.84. The first kappa shape index (κ1) is 21.5. The summed E-state index contributed by atoms with van der Waals surface area (Å²) in [5, 5.41) is 0.231. The molecule has 0 amide bonds. The number of halogens is 2. The van der Waals surface area contributed by atoms with E-state index >= 15 is 0 Å². The lowest BCUT2D eigenvalue weighted by Crippen LogP contribution is -2.32. The van der Waals surface area contributed by atoms with Crippen LogP contribution < -0.4 is 4.74 Å². The standard InChI is InChI=1S/C18H21ClFO6P2/c1-18(2)10-24-28(27,25-11-18)17(15-4-3-7-22-15)26-16(21)9-23-14-6-5-12(19)8-13(14)20/h3-8,17H,9-11,27H2,1-2H3/q+1. The van der Waals surface area contributed by atoms with Crippen molar-refractivity contribution in [1.82, 2.24) is 0 Å². The number of carbonyl (C=O) groups is 1. The number of ether oxygens (including phenoxy) is 2. The van der Waals surface area contributed by atoms with E-state index in [0.717, 1.165) is 6.07 Å². The molecule has 2 unspecified atom stereocenters. The molecule has 2 atom stereocenters. The zero-order chi connectivity index (χ0) is 20.4. The number of furan rings is 1. The quantitative estimate of drug-likeness (QED) is 0.434. The lowest BCUT2D eigenvalue weighted by Gasteiger charge is -2.35. The predicted octanol–water partition coefficient (Wildman–Crippen LogP) is 5.40. The second-order valence-corrected chi connectivity index (χ2v) is 11.9. The molecule has 1 aromatic carbocycles. The minimum Gasteiger partial charge on any atom is -0.479 e. The summed E-state index contributed by atoms with van der Waals surface area (Å²) in [4.78, 5) is 12.4. The Bertz CT molecular complexity index is 819. The van der Waals surface area contributed by atoms with Crippen molar-refractivity contribution in [2.45, 2.75) is 19.7 Å². The number of rotatable bonds is 6. The Morgan fingerprint density at radius 2 is 2.07 bits per heavy atom. The Morgan fingerprint density at radius 3 is 2.68 bits per heavy atom. The lowest BCUT2D eigenvalue weighted by molar-refractivity contribution is -0.149. The van der Waals surface area contributed by atoms with Crippen molar-refractivity contribution < 1.29 is 32.1 Å². The predicted molar refractivity (Wildman–Crippen MR) is 107 cm³/mol. The Kier molecular flexibility index (Phi) is 6.63. The highest BCUT2D eigenvalue weighted by molar-refractivity contribution is 8.19. The highest BCUT2D eigenvalue weighted by atomic mass is 35.5. The Morgan fingerprint density at radius 1 is 1.36 bits per heavy atom.